The molecule has 1 N–H and O–H groups in total. The van der Waals surface area contributed by atoms with Crippen LogP contribution in [0, 0.1) is 5.41 Å². The lowest BCUT2D eigenvalue weighted by molar-refractivity contribution is -0.134. The van der Waals surface area contributed by atoms with Gasteiger partial charge in [-0.25, -0.2) is 0 Å². The van der Waals surface area contributed by atoms with Gasteiger partial charge in [0, 0.05) is 6.42 Å². The summed E-state index contributed by atoms with van der Waals surface area (Å²) in [6.45, 7) is 3.99. The van der Waals surface area contributed by atoms with Crippen LogP contribution in [-0.2, 0) is 4.79 Å². The van der Waals surface area contributed by atoms with Crippen LogP contribution < -0.4 is 0 Å². The lowest BCUT2D eigenvalue weighted by atomic mass is 9.75. The minimum absolute atomic E-state index is 0.263. The summed E-state index contributed by atoms with van der Waals surface area (Å²) in [5.74, 6) is 0.263. The Labute approximate surface area is 80.3 Å². The van der Waals surface area contributed by atoms with Gasteiger partial charge in [-0.2, -0.15) is 0 Å². The third-order valence-corrected chi connectivity index (χ3v) is 3.27. The number of carbonyl (C=O) groups excluding carboxylic acids is 1. The summed E-state index contributed by atoms with van der Waals surface area (Å²) in [5.41, 5.74) is -0.453. The number of carbonyl (C=O) groups is 1. The van der Waals surface area contributed by atoms with E-state index in [0.717, 1.165) is 32.1 Å². The maximum absolute atomic E-state index is 11.8. The zero-order chi connectivity index (χ0) is 9.90. The summed E-state index contributed by atoms with van der Waals surface area (Å²) in [6.07, 6.45) is 4.78. The lowest BCUT2D eigenvalue weighted by Crippen LogP contribution is -2.38. The van der Waals surface area contributed by atoms with E-state index in [9.17, 15) is 9.90 Å². The number of aliphatic hydroxyl groups is 1. The van der Waals surface area contributed by atoms with Crippen molar-refractivity contribution in [1.29, 1.82) is 0 Å². The van der Waals surface area contributed by atoms with E-state index >= 15 is 0 Å². The minimum atomic E-state index is -0.453. The molecule has 0 spiro atoms. The molecule has 0 aromatic heterocycles. The van der Waals surface area contributed by atoms with Gasteiger partial charge in [0.1, 0.15) is 5.78 Å². The van der Waals surface area contributed by atoms with Crippen molar-refractivity contribution in [2.24, 2.45) is 5.41 Å². The van der Waals surface area contributed by atoms with Gasteiger partial charge in [0.2, 0.25) is 0 Å². The van der Waals surface area contributed by atoms with E-state index in [1.165, 1.54) is 0 Å². The molecule has 0 amide bonds. The quantitative estimate of drug-likeness (QED) is 0.669. The highest BCUT2D eigenvalue weighted by Gasteiger charge is 2.39. The fraction of sp³-hybridized carbons (Fsp3) is 0.909. The Hall–Kier alpha value is -0.370. The van der Waals surface area contributed by atoms with Gasteiger partial charge in [0.05, 0.1) is 11.5 Å². The predicted octanol–water partition coefficient (Wildman–Crippen LogP) is 2.30. The molecule has 2 heteroatoms. The van der Waals surface area contributed by atoms with Crippen LogP contribution in [0.5, 0.6) is 0 Å². The molecule has 2 atom stereocenters. The number of aliphatic hydroxyl groups excluding tert-OH is 1. The topological polar surface area (TPSA) is 37.3 Å². The molecule has 0 bridgehead atoms. The van der Waals surface area contributed by atoms with Crippen molar-refractivity contribution in [2.75, 3.05) is 0 Å². The normalized spacial score (nSPS) is 35.9. The van der Waals surface area contributed by atoms with Crippen LogP contribution in [-0.4, -0.2) is 17.0 Å². The SMILES string of the molecule is CCC[C@@]1(C)C(=O)CCCC[C@H]1O. The van der Waals surface area contributed by atoms with E-state index in [-0.39, 0.29) is 5.78 Å². The van der Waals surface area contributed by atoms with Crippen LogP contribution in [0.3, 0.4) is 0 Å². The summed E-state index contributed by atoms with van der Waals surface area (Å²) in [5, 5.41) is 9.89. The zero-order valence-corrected chi connectivity index (χ0v) is 8.68. The Morgan fingerprint density at radius 2 is 2.23 bits per heavy atom. The third-order valence-electron chi connectivity index (χ3n) is 3.27. The maximum atomic E-state index is 11.8. The second kappa shape index (κ2) is 4.23. The fourth-order valence-corrected chi connectivity index (χ4v) is 2.24. The summed E-state index contributed by atoms with van der Waals surface area (Å²) >= 11 is 0. The molecule has 0 radical (unpaired) electrons. The molecule has 1 aliphatic rings. The predicted molar refractivity (Wildman–Crippen MR) is 52.5 cm³/mol. The van der Waals surface area contributed by atoms with Crippen LogP contribution in [0.2, 0.25) is 0 Å². The molecule has 1 fully saturated rings. The molecular weight excluding hydrogens is 164 g/mol. The fourth-order valence-electron chi connectivity index (χ4n) is 2.24. The molecule has 1 saturated carbocycles. The molecule has 1 aliphatic carbocycles. The monoisotopic (exact) mass is 184 g/mol. The van der Waals surface area contributed by atoms with E-state index in [1.54, 1.807) is 0 Å². The van der Waals surface area contributed by atoms with Gasteiger partial charge >= 0.3 is 0 Å². The number of ketones is 1. The number of hydrogen-bond donors (Lipinski definition) is 1. The summed E-state index contributed by atoms with van der Waals surface area (Å²) in [4.78, 5) is 11.8. The standard InChI is InChI=1S/C11H20O2/c1-3-8-11(2)9(12)6-4-5-7-10(11)13/h9,12H,3-8H2,1-2H3/t9-,11-/m1/s1. The van der Waals surface area contributed by atoms with E-state index in [4.69, 9.17) is 0 Å². The van der Waals surface area contributed by atoms with Crippen LogP contribution in [0.15, 0.2) is 0 Å². The van der Waals surface area contributed by atoms with Crippen molar-refractivity contribution in [2.45, 2.75) is 58.5 Å². The average Bonchev–Trinajstić information content (AvgIpc) is 2.20. The van der Waals surface area contributed by atoms with E-state index in [1.807, 2.05) is 6.92 Å². The van der Waals surface area contributed by atoms with Gasteiger partial charge in [-0.15, -0.1) is 0 Å². The van der Waals surface area contributed by atoms with Gasteiger partial charge in [0.25, 0.3) is 0 Å². The second-order valence-corrected chi connectivity index (χ2v) is 4.35. The first-order chi connectivity index (χ1) is 6.11. The van der Waals surface area contributed by atoms with Crippen molar-refractivity contribution in [3.8, 4) is 0 Å². The van der Waals surface area contributed by atoms with Gasteiger partial charge < -0.3 is 5.11 Å². The Kier molecular flexibility index (Phi) is 3.48. The zero-order valence-electron chi connectivity index (χ0n) is 8.68. The number of hydrogen-bond acceptors (Lipinski definition) is 2. The number of rotatable bonds is 2. The van der Waals surface area contributed by atoms with Gasteiger partial charge in [-0.1, -0.05) is 26.7 Å². The molecule has 13 heavy (non-hydrogen) atoms. The first kappa shape index (κ1) is 10.7. The highest BCUT2D eigenvalue weighted by Crippen LogP contribution is 2.35. The van der Waals surface area contributed by atoms with Gasteiger partial charge in [-0.05, 0) is 19.3 Å². The maximum Gasteiger partial charge on any atom is 0.141 e. The Bertz CT molecular complexity index is 189. The Morgan fingerprint density at radius 1 is 1.54 bits per heavy atom. The first-order valence-corrected chi connectivity index (χ1v) is 5.32. The van der Waals surface area contributed by atoms with Crippen molar-refractivity contribution in [3.63, 3.8) is 0 Å². The Balaban J connectivity index is 2.78. The lowest BCUT2D eigenvalue weighted by Gasteiger charge is -2.31. The molecule has 0 heterocycles. The average molecular weight is 184 g/mol. The van der Waals surface area contributed by atoms with Crippen molar-refractivity contribution < 1.29 is 9.90 Å². The van der Waals surface area contributed by atoms with Crippen LogP contribution in [0.25, 0.3) is 0 Å². The Morgan fingerprint density at radius 3 is 2.85 bits per heavy atom. The minimum Gasteiger partial charge on any atom is -0.392 e. The molecule has 0 aromatic rings. The van der Waals surface area contributed by atoms with E-state index in [0.29, 0.717) is 6.42 Å². The van der Waals surface area contributed by atoms with Crippen LogP contribution >= 0.6 is 0 Å². The molecular formula is C11H20O2. The van der Waals surface area contributed by atoms with E-state index < -0.39 is 11.5 Å². The molecule has 1 rings (SSSR count). The molecule has 76 valence electrons. The first-order valence-electron chi connectivity index (χ1n) is 5.32. The van der Waals surface area contributed by atoms with Crippen LogP contribution in [0.1, 0.15) is 52.4 Å². The van der Waals surface area contributed by atoms with Crippen molar-refractivity contribution >= 4 is 5.78 Å². The largest absolute Gasteiger partial charge is 0.392 e. The van der Waals surface area contributed by atoms with E-state index in [2.05, 4.69) is 6.92 Å². The molecule has 0 unspecified atom stereocenters. The molecule has 2 nitrogen and oxygen atoms in total. The smallest absolute Gasteiger partial charge is 0.141 e. The highest BCUT2D eigenvalue weighted by atomic mass is 16.3. The molecule has 0 aromatic carbocycles. The summed E-state index contributed by atoms with van der Waals surface area (Å²) in [6, 6.07) is 0. The third kappa shape index (κ3) is 2.11. The van der Waals surface area contributed by atoms with Gasteiger partial charge in [0.15, 0.2) is 0 Å². The summed E-state index contributed by atoms with van der Waals surface area (Å²) < 4.78 is 0. The van der Waals surface area contributed by atoms with Crippen LogP contribution in [0.4, 0.5) is 0 Å². The summed E-state index contributed by atoms with van der Waals surface area (Å²) in [7, 11) is 0. The molecule has 0 saturated heterocycles. The van der Waals surface area contributed by atoms with Crippen molar-refractivity contribution in [3.05, 3.63) is 0 Å². The second-order valence-electron chi connectivity index (χ2n) is 4.35. The number of Topliss-reactive ketones (excluding diaryl/α,β-unsaturated/α-hetero) is 1. The van der Waals surface area contributed by atoms with Gasteiger partial charge in [-0.3, -0.25) is 4.79 Å². The molecule has 0 aliphatic heterocycles. The van der Waals surface area contributed by atoms with Crippen molar-refractivity contribution in [1.82, 2.24) is 0 Å². The highest BCUT2D eigenvalue weighted by molar-refractivity contribution is 5.85.